The lowest BCUT2D eigenvalue weighted by Gasteiger charge is -2.50. The summed E-state index contributed by atoms with van der Waals surface area (Å²) in [5, 5.41) is 22.7. The van der Waals surface area contributed by atoms with Crippen LogP contribution in [-0.4, -0.2) is 98.5 Å². The Morgan fingerprint density at radius 2 is 1.78 bits per heavy atom. The van der Waals surface area contributed by atoms with Crippen molar-refractivity contribution in [1.29, 1.82) is 0 Å². The molecule has 1 saturated heterocycles. The summed E-state index contributed by atoms with van der Waals surface area (Å²) in [5.74, 6) is -0.983. The maximum atomic E-state index is 16.9. The topological polar surface area (TPSA) is 146 Å². The Hall–Kier alpha value is -4.52. The Labute approximate surface area is 343 Å². The molecule has 13 heteroatoms. The van der Waals surface area contributed by atoms with Crippen molar-refractivity contribution in [2.45, 2.75) is 91.3 Å². The lowest BCUT2D eigenvalue weighted by molar-refractivity contribution is -0.174. The van der Waals surface area contributed by atoms with E-state index in [1.807, 2.05) is 74.4 Å². The minimum Gasteiger partial charge on any atom is -0.393 e. The number of nitrogens with one attached hydrogen (secondary N) is 2. The Balaban J connectivity index is 1.46. The largest absolute Gasteiger partial charge is 0.393 e. The molecule has 3 N–H and O–H groups in total. The number of rotatable bonds is 15. The molecule has 0 spiro atoms. The lowest BCUT2D eigenvalue weighted by Crippen LogP contribution is -2.56. The van der Waals surface area contributed by atoms with Crippen molar-refractivity contribution in [3.8, 4) is 11.1 Å². The number of hydrogen-bond acceptors (Lipinski definition) is 8. The molecule has 2 aliphatic rings. The van der Waals surface area contributed by atoms with Crippen LogP contribution in [0.1, 0.15) is 69.4 Å². The van der Waals surface area contributed by atoms with Crippen molar-refractivity contribution < 1.29 is 23.9 Å². The summed E-state index contributed by atoms with van der Waals surface area (Å²) in [6.07, 6.45) is -0.366. The molecular weight excluding hydrogens is 736 g/mol. The number of aliphatic hydroxyl groups is 1. The quantitative estimate of drug-likeness (QED) is 0.0847. The van der Waals surface area contributed by atoms with E-state index in [4.69, 9.17) is 10.4 Å². The normalized spacial score (nSPS) is 25.4. The zero-order valence-electron chi connectivity index (χ0n) is 35.8. The third kappa shape index (κ3) is 10.2. The van der Waals surface area contributed by atoms with Gasteiger partial charge in [0.1, 0.15) is 11.9 Å². The van der Waals surface area contributed by atoms with Crippen LogP contribution in [0.3, 0.4) is 0 Å². The first-order valence-corrected chi connectivity index (χ1v) is 20.4. The highest BCUT2D eigenvalue weighted by atomic mass is 19.1. The zero-order chi connectivity index (χ0) is 42.5. The molecule has 3 aromatic carbocycles. The summed E-state index contributed by atoms with van der Waals surface area (Å²) in [4.78, 5) is 41.4. The van der Waals surface area contributed by atoms with Gasteiger partial charge in [-0.25, -0.2) is 4.39 Å². The number of halogens is 1. The third-order valence-corrected chi connectivity index (χ3v) is 13.0. The maximum Gasteiger partial charge on any atom is 0.251 e. The Bertz CT molecular complexity index is 1930. The van der Waals surface area contributed by atoms with Gasteiger partial charge in [-0.2, -0.15) is 5.06 Å². The van der Waals surface area contributed by atoms with Crippen molar-refractivity contribution in [2.24, 2.45) is 34.2 Å². The van der Waals surface area contributed by atoms with Gasteiger partial charge in [0.15, 0.2) is 0 Å². The molecule has 0 aromatic heterocycles. The number of anilines is 1. The molecule has 1 aliphatic heterocycles. The fourth-order valence-corrected chi connectivity index (χ4v) is 8.84. The van der Waals surface area contributed by atoms with Crippen molar-refractivity contribution >= 4 is 17.5 Å². The Morgan fingerprint density at radius 3 is 2.41 bits per heavy atom. The number of azide groups is 1. The van der Waals surface area contributed by atoms with E-state index in [0.717, 1.165) is 17.7 Å². The van der Waals surface area contributed by atoms with Crippen molar-refractivity contribution in [3.63, 3.8) is 0 Å². The van der Waals surface area contributed by atoms with Crippen molar-refractivity contribution in [3.05, 3.63) is 99.7 Å². The number of benzene rings is 3. The third-order valence-electron chi connectivity index (χ3n) is 13.0. The van der Waals surface area contributed by atoms with E-state index in [9.17, 15) is 14.7 Å². The predicted molar refractivity (Wildman–Crippen MR) is 227 cm³/mol. The van der Waals surface area contributed by atoms with Gasteiger partial charge in [0, 0.05) is 65.9 Å². The number of likely N-dealkylation sites (N-methyl/N-ethyl adjacent to an activating group) is 1. The molecule has 1 aliphatic carbocycles. The summed E-state index contributed by atoms with van der Waals surface area (Å²) in [6.45, 7) is 13.1. The van der Waals surface area contributed by atoms with Crippen LogP contribution < -0.4 is 15.5 Å². The molecule has 1 saturated carbocycles. The number of hydroxylamine groups is 2. The summed E-state index contributed by atoms with van der Waals surface area (Å²) < 4.78 is 16.9. The second-order valence-corrected chi connectivity index (χ2v) is 17.7. The Morgan fingerprint density at radius 1 is 1.07 bits per heavy atom. The summed E-state index contributed by atoms with van der Waals surface area (Å²) in [5.41, 5.74) is 12.5. The van der Waals surface area contributed by atoms with E-state index >= 15 is 4.39 Å². The first-order valence-electron chi connectivity index (χ1n) is 20.4. The number of hydrogen-bond donors (Lipinski definition) is 3. The average molecular weight is 799 g/mol. The highest BCUT2D eigenvalue weighted by Gasteiger charge is 2.51. The Kier molecular flexibility index (Phi) is 14.6. The highest BCUT2D eigenvalue weighted by Crippen LogP contribution is 2.47. The minimum atomic E-state index is -1.00. The molecule has 0 radical (unpaired) electrons. The minimum absolute atomic E-state index is 0.0989. The van der Waals surface area contributed by atoms with Crippen molar-refractivity contribution in [1.82, 2.24) is 20.6 Å². The van der Waals surface area contributed by atoms with Gasteiger partial charge in [-0.3, -0.25) is 14.4 Å². The highest BCUT2D eigenvalue weighted by molar-refractivity contribution is 5.97. The molecule has 5 rings (SSSR count). The molecule has 12 nitrogen and oxygen atoms in total. The lowest BCUT2D eigenvalue weighted by atomic mass is 9.58. The van der Waals surface area contributed by atoms with E-state index < -0.39 is 30.0 Å². The molecule has 0 unspecified atom stereocenters. The molecule has 1 heterocycles. The summed E-state index contributed by atoms with van der Waals surface area (Å²) >= 11 is 0. The average Bonchev–Trinajstić information content (AvgIpc) is 3.54. The molecular formula is C45H63FN8O4. The molecule has 3 aromatic rings. The van der Waals surface area contributed by atoms with E-state index in [0.29, 0.717) is 35.9 Å². The van der Waals surface area contributed by atoms with Gasteiger partial charge in [-0.15, -0.1) is 0 Å². The van der Waals surface area contributed by atoms with Crippen molar-refractivity contribution in [2.75, 3.05) is 46.2 Å². The number of carbonyl (C=O) groups excluding carboxylic acids is 2. The molecule has 2 fully saturated rings. The maximum absolute atomic E-state index is 16.9. The van der Waals surface area contributed by atoms with Gasteiger partial charge in [-0.05, 0) is 91.9 Å². The van der Waals surface area contributed by atoms with Gasteiger partial charge < -0.3 is 25.5 Å². The van der Waals surface area contributed by atoms with Gasteiger partial charge in [0.25, 0.3) is 5.91 Å². The zero-order valence-corrected chi connectivity index (χ0v) is 35.8. The van der Waals surface area contributed by atoms with Gasteiger partial charge in [-0.1, -0.05) is 88.3 Å². The molecule has 58 heavy (non-hydrogen) atoms. The molecule has 314 valence electrons. The molecule has 0 bridgehead atoms. The molecule has 2 amide bonds. The van der Waals surface area contributed by atoms with Gasteiger partial charge >= 0.3 is 0 Å². The fraction of sp³-hybridized carbons (Fsp3) is 0.556. The smallest absolute Gasteiger partial charge is 0.251 e. The summed E-state index contributed by atoms with van der Waals surface area (Å²) in [6, 6.07) is 19.1. The van der Waals surface area contributed by atoms with Gasteiger partial charge in [0.05, 0.1) is 25.3 Å². The first kappa shape index (κ1) is 44.6. The number of nitrogens with zero attached hydrogens (tertiary/aromatic N) is 6. The van der Waals surface area contributed by atoms with Crippen LogP contribution in [0.4, 0.5) is 10.1 Å². The first-order chi connectivity index (χ1) is 27.4. The van der Waals surface area contributed by atoms with E-state index in [1.165, 1.54) is 5.06 Å². The number of carbonyl (C=O) groups is 2. The van der Waals surface area contributed by atoms with Crippen LogP contribution in [0, 0.1) is 34.9 Å². The van der Waals surface area contributed by atoms with E-state index in [2.05, 4.69) is 55.3 Å². The van der Waals surface area contributed by atoms with Crippen LogP contribution in [0.15, 0.2) is 71.8 Å². The number of aliphatic hydroxyl groups excluding tert-OH is 1. The summed E-state index contributed by atoms with van der Waals surface area (Å²) in [7, 11) is 7.68. The second kappa shape index (κ2) is 19.0. The van der Waals surface area contributed by atoms with Crippen LogP contribution in [0.5, 0.6) is 0 Å². The van der Waals surface area contributed by atoms with E-state index in [-0.39, 0.29) is 59.4 Å². The number of amides is 2. The van der Waals surface area contributed by atoms with Crippen LogP contribution in [0.25, 0.3) is 21.6 Å². The van der Waals surface area contributed by atoms with Crippen LogP contribution >= 0.6 is 0 Å². The van der Waals surface area contributed by atoms with Crippen LogP contribution in [0.2, 0.25) is 0 Å². The second-order valence-electron chi connectivity index (χ2n) is 17.7. The fourth-order valence-electron chi connectivity index (χ4n) is 8.84. The standard InChI is InChI=1S/C45H63FN8O4/c1-27-19-38(28(2)29(3)45(27,5)6)50-44(57)42-40(30(4)55)39(24-48-51-47)58-54(42)25-32-17-14-18-37(41(32)46)33-21-34(23-36(22-33)53(9)10)43(56)49-35(26-52(7)8)20-31-15-12-11-13-16-31/h11-18,21-23,27-30,35,38-40,42,55H,19-20,24-26H2,1-10H3,(H,49,56)(H,50,57)/t27-,28+,29+,30+,35+,38+,39+,40-,42+/m1/s1. The monoisotopic (exact) mass is 798 g/mol. The van der Waals surface area contributed by atoms with Gasteiger partial charge in [0.2, 0.25) is 5.91 Å². The SMILES string of the molecule is C[C@@H]1[C@@H](NC(=O)[C@@H]2[C@H]([C@H](C)O)[C@H](CN=[N+]=[N-])ON2Cc2cccc(-c3cc(C(=O)N[C@@H](Cc4ccccc4)CN(C)C)cc(N(C)C)c3)c2F)C[C@@H](C)C(C)(C)[C@H]1C. The molecule has 9 atom stereocenters. The van der Waals surface area contributed by atoms with Crippen LogP contribution in [-0.2, 0) is 22.6 Å². The predicted octanol–water partition coefficient (Wildman–Crippen LogP) is 7.08. The van der Waals surface area contributed by atoms with E-state index in [1.54, 1.807) is 37.3 Å².